The molecule has 0 saturated carbocycles. The van der Waals surface area contributed by atoms with Gasteiger partial charge in [-0.1, -0.05) is 34.1 Å². The first kappa shape index (κ1) is 17.0. The molecule has 0 bridgehead atoms. The van der Waals surface area contributed by atoms with E-state index in [2.05, 4.69) is 26.5 Å². The van der Waals surface area contributed by atoms with Crippen LogP contribution in [0.5, 0.6) is 11.5 Å². The summed E-state index contributed by atoms with van der Waals surface area (Å²) in [4.78, 5) is 12.1. The third-order valence-electron chi connectivity index (χ3n) is 3.13. The number of hydrogen-bond donors (Lipinski definition) is 2. The van der Waals surface area contributed by atoms with Crippen molar-refractivity contribution in [2.75, 3.05) is 6.61 Å². The maximum atomic E-state index is 12.1. The molecule has 0 radical (unpaired) electrons. The number of rotatable bonds is 5. The van der Waals surface area contributed by atoms with E-state index in [4.69, 9.17) is 4.74 Å². The fourth-order valence-corrected chi connectivity index (χ4v) is 2.46. The van der Waals surface area contributed by atoms with Crippen LogP contribution in [0, 0.1) is 6.92 Å². The van der Waals surface area contributed by atoms with Crippen molar-refractivity contribution in [3.63, 3.8) is 0 Å². The van der Waals surface area contributed by atoms with E-state index in [1.54, 1.807) is 24.3 Å². The number of ether oxygens (including phenoxy) is 1. The Hall–Kier alpha value is -2.34. The Morgan fingerprint density at radius 3 is 2.83 bits per heavy atom. The van der Waals surface area contributed by atoms with Crippen molar-refractivity contribution < 1.29 is 14.6 Å². The van der Waals surface area contributed by atoms with Crippen LogP contribution in [0.2, 0.25) is 0 Å². The molecule has 0 unspecified atom stereocenters. The molecule has 120 valence electrons. The number of amides is 1. The smallest absolute Gasteiger partial charge is 0.271 e. The normalized spacial score (nSPS) is 10.7. The average Bonchev–Trinajstić information content (AvgIpc) is 2.52. The number of halogens is 1. The van der Waals surface area contributed by atoms with Gasteiger partial charge in [-0.2, -0.15) is 5.10 Å². The number of carbonyl (C=O) groups excluding carboxylic acids is 1. The van der Waals surface area contributed by atoms with E-state index in [-0.39, 0.29) is 11.7 Å². The summed E-state index contributed by atoms with van der Waals surface area (Å²) in [5.41, 5.74) is 4.31. The summed E-state index contributed by atoms with van der Waals surface area (Å²) in [6, 6.07) is 10.6. The predicted molar refractivity (Wildman–Crippen MR) is 93.2 cm³/mol. The van der Waals surface area contributed by atoms with Gasteiger partial charge in [-0.25, -0.2) is 5.43 Å². The minimum absolute atomic E-state index is 0.0241. The molecule has 0 aliphatic heterocycles. The molecule has 6 heteroatoms. The first-order chi connectivity index (χ1) is 11.0. The lowest BCUT2D eigenvalue weighted by atomic mass is 10.1. The summed E-state index contributed by atoms with van der Waals surface area (Å²) in [5, 5.41) is 14.0. The molecule has 2 aromatic rings. The lowest BCUT2D eigenvalue weighted by Gasteiger charge is -2.08. The molecule has 0 aliphatic carbocycles. The summed E-state index contributed by atoms with van der Waals surface area (Å²) >= 11 is 3.34. The molecule has 2 aromatic carbocycles. The van der Waals surface area contributed by atoms with E-state index >= 15 is 0 Å². The van der Waals surface area contributed by atoms with Crippen LogP contribution in [0.1, 0.15) is 28.4 Å². The Balaban J connectivity index is 2.15. The number of aryl methyl sites for hydroxylation is 1. The lowest BCUT2D eigenvalue weighted by molar-refractivity contribution is 0.0954. The Morgan fingerprint density at radius 1 is 1.39 bits per heavy atom. The topological polar surface area (TPSA) is 70.9 Å². The molecule has 0 aromatic heterocycles. The van der Waals surface area contributed by atoms with Gasteiger partial charge in [0.15, 0.2) is 11.5 Å². The van der Waals surface area contributed by atoms with Gasteiger partial charge in [-0.3, -0.25) is 4.79 Å². The second kappa shape index (κ2) is 7.78. The van der Waals surface area contributed by atoms with E-state index in [1.807, 2.05) is 26.0 Å². The summed E-state index contributed by atoms with van der Waals surface area (Å²) in [5.74, 6) is 0.0244. The third-order valence-corrected chi connectivity index (χ3v) is 3.59. The molecule has 0 heterocycles. The molecule has 0 fully saturated rings. The number of aromatic hydroxyl groups is 1. The van der Waals surface area contributed by atoms with Crippen molar-refractivity contribution in [1.29, 1.82) is 0 Å². The number of carbonyl (C=O) groups is 1. The zero-order valence-electron chi connectivity index (χ0n) is 12.8. The van der Waals surface area contributed by atoms with E-state index in [9.17, 15) is 9.90 Å². The molecule has 23 heavy (non-hydrogen) atoms. The van der Waals surface area contributed by atoms with Crippen molar-refractivity contribution in [2.24, 2.45) is 5.10 Å². The quantitative estimate of drug-likeness (QED) is 0.618. The van der Waals surface area contributed by atoms with Crippen molar-refractivity contribution in [3.8, 4) is 11.5 Å². The minimum Gasteiger partial charge on any atom is -0.504 e. The van der Waals surface area contributed by atoms with Gasteiger partial charge in [0.25, 0.3) is 5.91 Å². The molecule has 2 rings (SSSR count). The molecular weight excluding hydrogens is 360 g/mol. The molecule has 1 amide bonds. The molecule has 5 nitrogen and oxygen atoms in total. The number of nitrogens with zero attached hydrogens (tertiary/aromatic N) is 1. The molecule has 2 N–H and O–H groups in total. The highest BCUT2D eigenvalue weighted by atomic mass is 79.9. The number of phenolic OH excluding ortho intramolecular Hbond substituents is 1. The van der Waals surface area contributed by atoms with Crippen LogP contribution in [0.15, 0.2) is 46.0 Å². The van der Waals surface area contributed by atoms with Crippen LogP contribution < -0.4 is 10.2 Å². The lowest BCUT2D eigenvalue weighted by Crippen LogP contribution is -2.18. The standard InChI is InChI=1S/C17H17BrN2O3/c1-3-23-15-9-13(18)8-12(16(15)21)10-19-20-17(22)14-7-5-4-6-11(14)2/h4-10,21H,3H2,1-2H3,(H,20,22)/b19-10+. The number of hydrogen-bond acceptors (Lipinski definition) is 4. The first-order valence-electron chi connectivity index (χ1n) is 7.07. The second-order valence-corrected chi connectivity index (χ2v) is 5.70. The van der Waals surface area contributed by atoms with E-state index in [0.29, 0.717) is 23.5 Å². The highest BCUT2D eigenvalue weighted by Crippen LogP contribution is 2.32. The van der Waals surface area contributed by atoms with Crippen molar-refractivity contribution in [1.82, 2.24) is 5.43 Å². The molecule has 0 atom stereocenters. The predicted octanol–water partition coefficient (Wildman–Crippen LogP) is 3.63. The van der Waals surface area contributed by atoms with Crippen molar-refractivity contribution in [2.45, 2.75) is 13.8 Å². The van der Waals surface area contributed by atoms with Crippen LogP contribution in [0.25, 0.3) is 0 Å². The number of phenols is 1. The first-order valence-corrected chi connectivity index (χ1v) is 7.86. The van der Waals surface area contributed by atoms with E-state index < -0.39 is 0 Å². The van der Waals surface area contributed by atoms with Gasteiger partial charge in [0.05, 0.1) is 12.8 Å². The van der Waals surface area contributed by atoms with Crippen molar-refractivity contribution >= 4 is 28.1 Å². The van der Waals surface area contributed by atoms with E-state index in [1.165, 1.54) is 6.21 Å². The van der Waals surface area contributed by atoms with E-state index in [0.717, 1.165) is 10.0 Å². The Morgan fingerprint density at radius 2 is 2.13 bits per heavy atom. The Bertz CT molecular complexity index is 745. The molecule has 0 spiro atoms. The van der Waals surface area contributed by atoms with Crippen LogP contribution >= 0.6 is 15.9 Å². The third kappa shape index (κ3) is 4.32. The molecule has 0 saturated heterocycles. The second-order valence-electron chi connectivity index (χ2n) is 4.79. The number of benzene rings is 2. The fraction of sp³-hybridized carbons (Fsp3) is 0.176. The van der Waals surface area contributed by atoms with Crippen LogP contribution in [-0.2, 0) is 0 Å². The van der Waals surface area contributed by atoms with Crippen LogP contribution in [-0.4, -0.2) is 23.8 Å². The fourth-order valence-electron chi connectivity index (χ4n) is 2.01. The zero-order valence-corrected chi connectivity index (χ0v) is 14.4. The highest BCUT2D eigenvalue weighted by Gasteiger charge is 2.10. The summed E-state index contributed by atoms with van der Waals surface area (Å²) < 4.78 is 6.08. The monoisotopic (exact) mass is 376 g/mol. The maximum absolute atomic E-state index is 12.1. The maximum Gasteiger partial charge on any atom is 0.271 e. The van der Waals surface area contributed by atoms with Crippen LogP contribution in [0.4, 0.5) is 0 Å². The zero-order chi connectivity index (χ0) is 16.8. The van der Waals surface area contributed by atoms with Gasteiger partial charge in [0, 0.05) is 15.6 Å². The Kier molecular flexibility index (Phi) is 5.76. The van der Waals surface area contributed by atoms with Crippen molar-refractivity contribution in [3.05, 3.63) is 57.6 Å². The number of hydrazone groups is 1. The SMILES string of the molecule is CCOc1cc(Br)cc(/C=N/NC(=O)c2ccccc2C)c1O. The van der Waals surface area contributed by atoms with Gasteiger partial charge < -0.3 is 9.84 Å². The largest absolute Gasteiger partial charge is 0.504 e. The summed E-state index contributed by atoms with van der Waals surface area (Å²) in [6.45, 7) is 4.12. The van der Waals surface area contributed by atoms with Gasteiger partial charge in [-0.05, 0) is 37.6 Å². The summed E-state index contributed by atoms with van der Waals surface area (Å²) in [6.07, 6.45) is 1.37. The van der Waals surface area contributed by atoms with Gasteiger partial charge in [-0.15, -0.1) is 0 Å². The van der Waals surface area contributed by atoms with Gasteiger partial charge in [0.2, 0.25) is 0 Å². The van der Waals surface area contributed by atoms with Crippen LogP contribution in [0.3, 0.4) is 0 Å². The summed E-state index contributed by atoms with van der Waals surface area (Å²) in [7, 11) is 0. The van der Waals surface area contributed by atoms with Gasteiger partial charge in [0.1, 0.15) is 0 Å². The van der Waals surface area contributed by atoms with Gasteiger partial charge >= 0.3 is 0 Å². The molecular formula is C17H17BrN2O3. The minimum atomic E-state index is -0.307. The highest BCUT2D eigenvalue weighted by molar-refractivity contribution is 9.10. The number of nitrogens with one attached hydrogen (secondary N) is 1. The Labute approximate surface area is 143 Å². The molecule has 0 aliphatic rings. The average molecular weight is 377 g/mol.